The average molecular weight is 602 g/mol. The second kappa shape index (κ2) is 10.2. The highest BCUT2D eigenvalue weighted by Crippen LogP contribution is 2.43. The van der Waals surface area contributed by atoms with Crippen molar-refractivity contribution in [3.63, 3.8) is 0 Å². The molecule has 0 saturated heterocycles. The van der Waals surface area contributed by atoms with Crippen LogP contribution in [0.4, 0.5) is 0 Å². The van der Waals surface area contributed by atoms with Crippen molar-refractivity contribution in [3.05, 3.63) is 170 Å². The number of aromatic nitrogens is 3. The maximum absolute atomic E-state index is 2.57. The van der Waals surface area contributed by atoms with Crippen LogP contribution in [0.3, 0.4) is 0 Å². The van der Waals surface area contributed by atoms with E-state index in [0.717, 1.165) is 17.8 Å². The van der Waals surface area contributed by atoms with E-state index in [9.17, 15) is 0 Å². The number of fused-ring (bicyclic) bond motifs is 8. The molecule has 0 aliphatic heterocycles. The third-order valence-corrected chi connectivity index (χ3v) is 9.93. The summed E-state index contributed by atoms with van der Waals surface area (Å²) in [6.45, 7) is 0. The number of para-hydroxylation sites is 3. The van der Waals surface area contributed by atoms with Crippen molar-refractivity contribution in [1.29, 1.82) is 0 Å². The third kappa shape index (κ3) is 3.87. The molecule has 3 nitrogen and oxygen atoms in total. The van der Waals surface area contributed by atoms with Gasteiger partial charge in [-0.3, -0.25) is 4.57 Å². The Hall–Kier alpha value is -6.06. The zero-order valence-electron chi connectivity index (χ0n) is 25.8. The van der Waals surface area contributed by atoms with Gasteiger partial charge < -0.3 is 9.13 Å². The first-order valence-electron chi connectivity index (χ1n) is 16.4. The minimum atomic E-state index is 0.222. The summed E-state index contributed by atoms with van der Waals surface area (Å²) >= 11 is 0. The zero-order valence-corrected chi connectivity index (χ0v) is 25.8. The maximum Gasteiger partial charge on any atom is 0.127 e. The Labute approximate surface area is 272 Å². The number of benzene rings is 6. The first-order chi connectivity index (χ1) is 23.3. The Kier molecular flexibility index (Phi) is 5.70. The Morgan fingerprint density at radius 1 is 0.447 bits per heavy atom. The summed E-state index contributed by atoms with van der Waals surface area (Å²) in [5, 5.41) is 6.41. The highest BCUT2D eigenvalue weighted by Gasteiger charge is 2.25. The molecule has 9 aromatic rings. The molecule has 3 aromatic heterocycles. The lowest BCUT2D eigenvalue weighted by molar-refractivity contribution is 0.640. The van der Waals surface area contributed by atoms with Crippen LogP contribution in [0, 0.1) is 0 Å². The summed E-state index contributed by atoms with van der Waals surface area (Å²) in [6.07, 6.45) is 9.95. The molecule has 0 saturated carbocycles. The topological polar surface area (TPSA) is 14.8 Å². The fourth-order valence-corrected chi connectivity index (χ4v) is 7.92. The summed E-state index contributed by atoms with van der Waals surface area (Å²) in [5.41, 5.74) is 10.9. The number of allylic oxidation sites excluding steroid dienone is 4. The van der Waals surface area contributed by atoms with Crippen LogP contribution in [0.1, 0.15) is 12.5 Å². The van der Waals surface area contributed by atoms with Gasteiger partial charge in [0.15, 0.2) is 0 Å². The fraction of sp³-hybridized carbons (Fsp3) is 0.0455. The SMILES string of the molecule is C1=CCC(n2c3ccccc3c3c4cc(-c5ccccc5)ccc4n(-c4cccc(-n5c6ccccc6c6ccccc65)c4)c32)C=C1. The molecule has 10 rings (SSSR count). The molecule has 1 aliphatic rings. The van der Waals surface area contributed by atoms with Crippen molar-refractivity contribution in [2.24, 2.45) is 0 Å². The van der Waals surface area contributed by atoms with Gasteiger partial charge in [-0.05, 0) is 66.1 Å². The largest absolute Gasteiger partial charge is 0.319 e. The van der Waals surface area contributed by atoms with Crippen molar-refractivity contribution >= 4 is 54.6 Å². The summed E-state index contributed by atoms with van der Waals surface area (Å²) in [5.74, 6) is 0. The molecule has 6 aromatic carbocycles. The van der Waals surface area contributed by atoms with E-state index >= 15 is 0 Å². The molecular formula is C44H31N3. The zero-order chi connectivity index (χ0) is 30.9. The lowest BCUT2D eigenvalue weighted by atomic mass is 10.0. The van der Waals surface area contributed by atoms with Crippen molar-refractivity contribution < 1.29 is 0 Å². The molecule has 3 heterocycles. The smallest absolute Gasteiger partial charge is 0.127 e. The summed E-state index contributed by atoms with van der Waals surface area (Å²) in [6, 6.07) is 53.4. The van der Waals surface area contributed by atoms with E-state index in [1.807, 2.05) is 0 Å². The van der Waals surface area contributed by atoms with Gasteiger partial charge in [-0.25, -0.2) is 0 Å². The lowest BCUT2D eigenvalue weighted by Gasteiger charge is -2.20. The summed E-state index contributed by atoms with van der Waals surface area (Å²) in [4.78, 5) is 0. The van der Waals surface area contributed by atoms with E-state index in [0.29, 0.717) is 0 Å². The Bertz CT molecular complexity index is 2660. The Morgan fingerprint density at radius 2 is 1.09 bits per heavy atom. The summed E-state index contributed by atoms with van der Waals surface area (Å²) in [7, 11) is 0. The van der Waals surface area contributed by atoms with Crippen LogP contribution in [-0.4, -0.2) is 13.7 Å². The van der Waals surface area contributed by atoms with Crippen LogP contribution < -0.4 is 0 Å². The van der Waals surface area contributed by atoms with Crippen LogP contribution in [0.2, 0.25) is 0 Å². The van der Waals surface area contributed by atoms with Gasteiger partial charge in [0.05, 0.1) is 28.1 Å². The molecular weight excluding hydrogens is 571 g/mol. The first kappa shape index (κ1) is 26.2. The van der Waals surface area contributed by atoms with Gasteiger partial charge in [-0.15, -0.1) is 0 Å². The van der Waals surface area contributed by atoms with Gasteiger partial charge in [0.2, 0.25) is 0 Å². The lowest BCUT2D eigenvalue weighted by Crippen LogP contribution is -2.10. The maximum atomic E-state index is 2.57. The van der Waals surface area contributed by atoms with Gasteiger partial charge in [-0.2, -0.15) is 0 Å². The molecule has 0 spiro atoms. The van der Waals surface area contributed by atoms with Crippen molar-refractivity contribution in [1.82, 2.24) is 13.7 Å². The molecule has 3 heteroatoms. The van der Waals surface area contributed by atoms with E-state index in [2.05, 4.69) is 184 Å². The van der Waals surface area contributed by atoms with E-state index in [-0.39, 0.29) is 6.04 Å². The normalized spacial score (nSPS) is 14.8. The van der Waals surface area contributed by atoms with E-state index < -0.39 is 0 Å². The molecule has 0 amide bonds. The second-order valence-corrected chi connectivity index (χ2v) is 12.5. The molecule has 1 atom stereocenters. The second-order valence-electron chi connectivity index (χ2n) is 12.5. The molecule has 1 unspecified atom stereocenters. The van der Waals surface area contributed by atoms with Gasteiger partial charge in [0, 0.05) is 38.3 Å². The van der Waals surface area contributed by atoms with Gasteiger partial charge in [-0.1, -0.05) is 121 Å². The van der Waals surface area contributed by atoms with Gasteiger partial charge >= 0.3 is 0 Å². The fourth-order valence-electron chi connectivity index (χ4n) is 7.92. The van der Waals surface area contributed by atoms with Crippen molar-refractivity contribution in [3.8, 4) is 22.5 Å². The molecule has 47 heavy (non-hydrogen) atoms. The van der Waals surface area contributed by atoms with Gasteiger partial charge in [0.25, 0.3) is 0 Å². The molecule has 222 valence electrons. The van der Waals surface area contributed by atoms with Crippen LogP contribution in [0.5, 0.6) is 0 Å². The number of hydrogen-bond donors (Lipinski definition) is 0. The predicted molar refractivity (Wildman–Crippen MR) is 198 cm³/mol. The minimum Gasteiger partial charge on any atom is -0.319 e. The van der Waals surface area contributed by atoms with Crippen molar-refractivity contribution in [2.75, 3.05) is 0 Å². The van der Waals surface area contributed by atoms with E-state index in [1.165, 1.54) is 65.8 Å². The number of nitrogens with zero attached hydrogens (tertiary/aromatic N) is 3. The Morgan fingerprint density at radius 3 is 1.81 bits per heavy atom. The van der Waals surface area contributed by atoms with Gasteiger partial charge in [0.1, 0.15) is 5.65 Å². The van der Waals surface area contributed by atoms with E-state index in [4.69, 9.17) is 0 Å². The van der Waals surface area contributed by atoms with Crippen molar-refractivity contribution in [2.45, 2.75) is 12.5 Å². The number of hydrogen-bond acceptors (Lipinski definition) is 0. The Balaban J connectivity index is 1.31. The predicted octanol–water partition coefficient (Wildman–Crippen LogP) is 11.6. The molecule has 0 fully saturated rings. The number of rotatable bonds is 4. The highest BCUT2D eigenvalue weighted by atomic mass is 15.2. The molecule has 0 bridgehead atoms. The van der Waals surface area contributed by atoms with Crippen LogP contribution in [-0.2, 0) is 0 Å². The average Bonchev–Trinajstić information content (AvgIpc) is 3.78. The quantitative estimate of drug-likeness (QED) is 0.191. The summed E-state index contributed by atoms with van der Waals surface area (Å²) < 4.78 is 7.48. The molecule has 0 radical (unpaired) electrons. The van der Waals surface area contributed by atoms with E-state index in [1.54, 1.807) is 0 Å². The minimum absolute atomic E-state index is 0.222. The monoisotopic (exact) mass is 601 g/mol. The van der Waals surface area contributed by atoms with Crippen LogP contribution >= 0.6 is 0 Å². The highest BCUT2D eigenvalue weighted by molar-refractivity contribution is 6.22. The third-order valence-electron chi connectivity index (χ3n) is 9.93. The standard InChI is InChI=1S/C44H31N3/c1-3-14-30(15-4-1)31-26-27-42-38(28-31)43-37-22-9-12-25-41(37)46(32-16-5-2-6-17-32)44(43)47(42)34-19-13-18-33(29-34)45-39-23-10-7-20-35(39)36-21-8-11-24-40(36)45/h1-16,18-29,32H,17H2. The van der Waals surface area contributed by atoms with Crippen LogP contribution in [0.25, 0.3) is 77.1 Å². The first-order valence-corrected chi connectivity index (χ1v) is 16.4. The molecule has 0 N–H and O–H groups in total. The molecule has 1 aliphatic carbocycles. The van der Waals surface area contributed by atoms with Crippen LogP contribution in [0.15, 0.2) is 170 Å².